The number of ketones is 1. The number of carbonyl (C=O) groups is 2. The summed E-state index contributed by atoms with van der Waals surface area (Å²) in [6, 6.07) is 11.3. The standard InChI is InChI=1S/C17H22N2O3/c1-16(2,3)17(15(21)22-4,14(20)10-11-18)19-12-13-8-6-5-7-9-13/h5-9,19H,10,12H2,1-4H3/t17-/m0/s1. The van der Waals surface area contributed by atoms with E-state index < -0.39 is 22.7 Å². The molecule has 0 fully saturated rings. The molecular formula is C17H22N2O3. The Hall–Kier alpha value is -2.19. The third kappa shape index (κ3) is 3.52. The first kappa shape index (κ1) is 17.9. The topological polar surface area (TPSA) is 79.2 Å². The molecule has 0 saturated heterocycles. The molecule has 1 N–H and O–H groups in total. The predicted molar refractivity (Wildman–Crippen MR) is 82.7 cm³/mol. The molecular weight excluding hydrogens is 280 g/mol. The number of rotatable bonds is 6. The number of nitriles is 1. The quantitative estimate of drug-likeness (QED) is 0.644. The molecule has 1 aromatic carbocycles. The molecule has 0 heterocycles. The van der Waals surface area contributed by atoms with Gasteiger partial charge in [0.25, 0.3) is 0 Å². The van der Waals surface area contributed by atoms with Crippen LogP contribution in [0.15, 0.2) is 30.3 Å². The zero-order valence-corrected chi connectivity index (χ0v) is 13.5. The van der Waals surface area contributed by atoms with Gasteiger partial charge in [0.15, 0.2) is 11.3 Å². The van der Waals surface area contributed by atoms with E-state index in [0.29, 0.717) is 6.54 Å². The zero-order chi connectivity index (χ0) is 16.8. The van der Waals surface area contributed by atoms with E-state index >= 15 is 0 Å². The van der Waals surface area contributed by atoms with Gasteiger partial charge in [-0.3, -0.25) is 10.1 Å². The van der Waals surface area contributed by atoms with E-state index in [1.807, 2.05) is 36.4 Å². The van der Waals surface area contributed by atoms with Crippen molar-refractivity contribution in [2.75, 3.05) is 7.11 Å². The highest BCUT2D eigenvalue weighted by Crippen LogP contribution is 2.34. The molecule has 0 amide bonds. The highest BCUT2D eigenvalue weighted by molar-refractivity contribution is 6.10. The van der Waals surface area contributed by atoms with Crippen LogP contribution in [0.3, 0.4) is 0 Å². The molecule has 0 unspecified atom stereocenters. The van der Waals surface area contributed by atoms with Crippen molar-refractivity contribution in [2.24, 2.45) is 5.41 Å². The van der Waals surface area contributed by atoms with Crippen molar-refractivity contribution in [3.8, 4) is 6.07 Å². The minimum absolute atomic E-state index is 0.324. The SMILES string of the molecule is COC(=O)[C@@](NCc1ccccc1)(C(=O)CC#N)C(C)(C)C. The van der Waals surface area contributed by atoms with Crippen molar-refractivity contribution in [2.45, 2.75) is 39.3 Å². The summed E-state index contributed by atoms with van der Waals surface area (Å²) in [5.41, 5.74) is -1.37. The average molecular weight is 302 g/mol. The normalized spacial score (nSPS) is 13.8. The minimum Gasteiger partial charge on any atom is -0.467 e. The second-order valence-electron chi connectivity index (χ2n) is 6.09. The molecule has 0 bridgehead atoms. The lowest BCUT2D eigenvalue weighted by atomic mass is 9.70. The number of methoxy groups -OCH3 is 1. The molecule has 0 aliphatic rings. The van der Waals surface area contributed by atoms with Gasteiger partial charge in [-0.05, 0) is 11.0 Å². The van der Waals surface area contributed by atoms with E-state index in [2.05, 4.69) is 5.32 Å². The second kappa shape index (κ2) is 7.19. The van der Waals surface area contributed by atoms with E-state index in [0.717, 1.165) is 5.56 Å². The molecule has 0 radical (unpaired) electrons. The van der Waals surface area contributed by atoms with Gasteiger partial charge in [0.05, 0.1) is 19.6 Å². The molecule has 118 valence electrons. The van der Waals surface area contributed by atoms with Gasteiger partial charge in [0, 0.05) is 6.54 Å². The lowest BCUT2D eigenvalue weighted by Gasteiger charge is -2.41. The summed E-state index contributed by atoms with van der Waals surface area (Å²) in [6.45, 7) is 5.65. The highest BCUT2D eigenvalue weighted by atomic mass is 16.5. The Morgan fingerprint density at radius 2 is 1.82 bits per heavy atom. The Bertz CT molecular complexity index is 570. The molecule has 5 nitrogen and oxygen atoms in total. The minimum atomic E-state index is -1.56. The number of carbonyl (C=O) groups excluding carboxylic acids is 2. The summed E-state index contributed by atoms with van der Waals surface area (Å²) in [6.07, 6.45) is -0.353. The zero-order valence-electron chi connectivity index (χ0n) is 13.5. The smallest absolute Gasteiger partial charge is 0.334 e. The van der Waals surface area contributed by atoms with Gasteiger partial charge in [-0.2, -0.15) is 5.26 Å². The molecule has 0 spiro atoms. The summed E-state index contributed by atoms with van der Waals surface area (Å²) in [5.74, 6) is -1.15. The van der Waals surface area contributed by atoms with Crippen LogP contribution in [0.2, 0.25) is 0 Å². The van der Waals surface area contributed by atoms with Crippen LogP contribution in [0.5, 0.6) is 0 Å². The number of nitrogens with zero attached hydrogens (tertiary/aromatic N) is 1. The van der Waals surface area contributed by atoms with Crippen LogP contribution in [-0.4, -0.2) is 24.4 Å². The van der Waals surface area contributed by atoms with Gasteiger partial charge in [-0.25, -0.2) is 4.79 Å². The van der Waals surface area contributed by atoms with Crippen molar-refractivity contribution in [1.82, 2.24) is 5.32 Å². The Morgan fingerprint density at radius 3 is 2.27 bits per heavy atom. The van der Waals surface area contributed by atoms with Crippen LogP contribution in [0.25, 0.3) is 0 Å². The first-order valence-corrected chi connectivity index (χ1v) is 7.07. The predicted octanol–water partition coefficient (Wildman–Crippen LogP) is 2.22. The third-order valence-corrected chi connectivity index (χ3v) is 3.67. The molecule has 5 heteroatoms. The van der Waals surface area contributed by atoms with E-state index in [1.54, 1.807) is 20.8 Å². The molecule has 1 rings (SSSR count). The van der Waals surface area contributed by atoms with Gasteiger partial charge >= 0.3 is 5.97 Å². The number of Topliss-reactive ketones (excluding diaryl/α,β-unsaturated/α-hetero) is 1. The monoisotopic (exact) mass is 302 g/mol. The van der Waals surface area contributed by atoms with Crippen LogP contribution < -0.4 is 5.32 Å². The Morgan fingerprint density at radius 1 is 1.23 bits per heavy atom. The molecule has 22 heavy (non-hydrogen) atoms. The number of hydrogen-bond donors (Lipinski definition) is 1. The van der Waals surface area contributed by atoms with E-state index in [1.165, 1.54) is 7.11 Å². The first-order valence-electron chi connectivity index (χ1n) is 7.07. The summed E-state index contributed by atoms with van der Waals surface area (Å²) >= 11 is 0. The van der Waals surface area contributed by atoms with Gasteiger partial charge in [0.2, 0.25) is 0 Å². The van der Waals surface area contributed by atoms with E-state index in [4.69, 9.17) is 10.00 Å². The summed E-state index contributed by atoms with van der Waals surface area (Å²) in [7, 11) is 1.24. The van der Waals surface area contributed by atoms with Gasteiger partial charge in [-0.1, -0.05) is 51.1 Å². The summed E-state index contributed by atoms with van der Waals surface area (Å²) in [5, 5.41) is 11.9. The second-order valence-corrected chi connectivity index (χ2v) is 6.09. The molecule has 0 aliphatic carbocycles. The van der Waals surface area contributed by atoms with Crippen LogP contribution in [0.4, 0.5) is 0 Å². The number of esters is 1. The largest absolute Gasteiger partial charge is 0.467 e. The van der Waals surface area contributed by atoms with E-state index in [9.17, 15) is 9.59 Å². The third-order valence-electron chi connectivity index (χ3n) is 3.67. The van der Waals surface area contributed by atoms with Gasteiger partial charge in [0.1, 0.15) is 0 Å². The van der Waals surface area contributed by atoms with Crippen LogP contribution in [0, 0.1) is 16.7 Å². The van der Waals surface area contributed by atoms with Crippen molar-refractivity contribution in [1.29, 1.82) is 5.26 Å². The molecule has 0 saturated carbocycles. The van der Waals surface area contributed by atoms with Crippen molar-refractivity contribution >= 4 is 11.8 Å². The maximum atomic E-state index is 12.5. The summed E-state index contributed by atoms with van der Waals surface area (Å²) in [4.78, 5) is 25.0. The maximum Gasteiger partial charge on any atom is 0.334 e. The van der Waals surface area contributed by atoms with E-state index in [-0.39, 0.29) is 6.42 Å². The lowest BCUT2D eigenvalue weighted by Crippen LogP contribution is -2.66. The Kier molecular flexibility index (Phi) is 5.84. The van der Waals surface area contributed by atoms with Crippen molar-refractivity contribution < 1.29 is 14.3 Å². The van der Waals surface area contributed by atoms with Crippen molar-refractivity contribution in [3.05, 3.63) is 35.9 Å². The molecule has 0 aromatic heterocycles. The molecule has 1 aromatic rings. The Labute approximate surface area is 131 Å². The highest BCUT2D eigenvalue weighted by Gasteiger charge is 2.55. The maximum absolute atomic E-state index is 12.5. The molecule has 1 atom stereocenters. The fraction of sp³-hybridized carbons (Fsp3) is 0.471. The Balaban J connectivity index is 3.22. The van der Waals surface area contributed by atoms with Crippen LogP contribution in [-0.2, 0) is 20.9 Å². The summed E-state index contributed by atoms with van der Waals surface area (Å²) < 4.78 is 4.87. The average Bonchev–Trinajstić information content (AvgIpc) is 2.47. The van der Waals surface area contributed by atoms with Gasteiger partial charge < -0.3 is 4.74 Å². The number of nitrogens with one attached hydrogen (secondary N) is 1. The van der Waals surface area contributed by atoms with Crippen molar-refractivity contribution in [3.63, 3.8) is 0 Å². The van der Waals surface area contributed by atoms with Crippen LogP contribution >= 0.6 is 0 Å². The van der Waals surface area contributed by atoms with Gasteiger partial charge in [-0.15, -0.1) is 0 Å². The number of hydrogen-bond acceptors (Lipinski definition) is 5. The fourth-order valence-corrected chi connectivity index (χ4v) is 2.46. The fourth-order valence-electron chi connectivity index (χ4n) is 2.46. The van der Waals surface area contributed by atoms with Crippen LogP contribution in [0.1, 0.15) is 32.8 Å². The number of benzene rings is 1. The first-order chi connectivity index (χ1) is 10.3. The number of ether oxygens (including phenoxy) is 1. The molecule has 0 aliphatic heterocycles. The lowest BCUT2D eigenvalue weighted by molar-refractivity contribution is -0.159.